The minimum absolute atomic E-state index is 0.0614. The highest BCUT2D eigenvalue weighted by atomic mass is 35.5. The lowest BCUT2D eigenvalue weighted by molar-refractivity contribution is 0.565. The first kappa shape index (κ1) is 22.6. The molecule has 172 valence electrons. The molecule has 1 N–H and O–H groups in total. The zero-order chi connectivity index (χ0) is 24.0. The number of hydrogen-bond acceptors (Lipinski definition) is 2. The second kappa shape index (κ2) is 8.90. The predicted molar refractivity (Wildman–Crippen MR) is 144 cm³/mol. The largest absolute Gasteiger partial charge is 0.351 e. The van der Waals surface area contributed by atoms with E-state index in [0.29, 0.717) is 10.1 Å². The van der Waals surface area contributed by atoms with E-state index in [1.807, 2.05) is 42.6 Å². The average molecular weight is 487 g/mol. The Morgan fingerprint density at radius 1 is 0.941 bits per heavy atom. The van der Waals surface area contributed by atoms with Gasteiger partial charge in [0.05, 0.1) is 17.8 Å². The molecule has 0 unspecified atom stereocenters. The van der Waals surface area contributed by atoms with Gasteiger partial charge in [0, 0.05) is 34.0 Å². The molecule has 5 rings (SSSR count). The summed E-state index contributed by atoms with van der Waals surface area (Å²) in [7, 11) is 0. The van der Waals surface area contributed by atoms with Gasteiger partial charge in [0.1, 0.15) is 0 Å². The van der Waals surface area contributed by atoms with Gasteiger partial charge >= 0.3 is 0 Å². The van der Waals surface area contributed by atoms with Crippen molar-refractivity contribution in [1.82, 2.24) is 14.9 Å². The number of aromatic nitrogens is 2. The van der Waals surface area contributed by atoms with Crippen LogP contribution in [0.25, 0.3) is 5.69 Å². The van der Waals surface area contributed by atoms with Crippen LogP contribution in [0, 0.1) is 27.7 Å². The molecule has 0 radical (unpaired) electrons. The highest BCUT2D eigenvalue weighted by Gasteiger charge is 2.42. The molecule has 1 fully saturated rings. The van der Waals surface area contributed by atoms with Crippen molar-refractivity contribution in [2.24, 2.45) is 0 Å². The number of hydrogen-bond donors (Lipinski definition) is 1. The lowest BCUT2D eigenvalue weighted by Crippen LogP contribution is -2.29. The maximum absolute atomic E-state index is 6.20. The number of benzene rings is 2. The fourth-order valence-electron chi connectivity index (χ4n) is 4.97. The Balaban J connectivity index is 1.70. The van der Waals surface area contributed by atoms with Gasteiger partial charge in [-0.15, -0.1) is 0 Å². The molecule has 34 heavy (non-hydrogen) atoms. The van der Waals surface area contributed by atoms with E-state index in [1.165, 1.54) is 33.8 Å². The molecule has 0 bridgehead atoms. The van der Waals surface area contributed by atoms with Crippen LogP contribution >= 0.6 is 23.8 Å². The van der Waals surface area contributed by atoms with Gasteiger partial charge in [0.25, 0.3) is 0 Å². The minimum atomic E-state index is -0.0862. The summed E-state index contributed by atoms with van der Waals surface area (Å²) in [4.78, 5) is 6.87. The summed E-state index contributed by atoms with van der Waals surface area (Å²) in [6, 6.07) is 22.6. The van der Waals surface area contributed by atoms with Gasteiger partial charge in [-0.25, -0.2) is 0 Å². The number of anilines is 1. The lowest BCUT2D eigenvalue weighted by atomic mass is 9.96. The second-order valence-corrected chi connectivity index (χ2v) is 9.75. The van der Waals surface area contributed by atoms with Gasteiger partial charge in [-0.05, 0) is 105 Å². The van der Waals surface area contributed by atoms with Crippen LogP contribution in [-0.2, 0) is 0 Å². The Bertz CT molecular complexity index is 1360. The van der Waals surface area contributed by atoms with Crippen LogP contribution in [0.2, 0.25) is 5.02 Å². The molecule has 4 aromatic rings. The first-order valence-corrected chi connectivity index (χ1v) is 12.2. The smallest absolute Gasteiger partial charge is 0.174 e. The van der Waals surface area contributed by atoms with Gasteiger partial charge in [-0.3, -0.25) is 4.98 Å². The van der Waals surface area contributed by atoms with Crippen LogP contribution in [0.1, 0.15) is 45.9 Å². The average Bonchev–Trinajstić information content (AvgIpc) is 3.32. The number of rotatable bonds is 4. The maximum Gasteiger partial charge on any atom is 0.174 e. The first-order valence-electron chi connectivity index (χ1n) is 11.4. The van der Waals surface area contributed by atoms with E-state index in [2.05, 4.69) is 77.8 Å². The van der Waals surface area contributed by atoms with E-state index in [-0.39, 0.29) is 12.1 Å². The van der Waals surface area contributed by atoms with Crippen LogP contribution in [0.15, 0.2) is 72.9 Å². The predicted octanol–water partition coefficient (Wildman–Crippen LogP) is 6.94. The van der Waals surface area contributed by atoms with Gasteiger partial charge in [0.15, 0.2) is 5.11 Å². The third-order valence-corrected chi connectivity index (χ3v) is 7.16. The molecule has 0 saturated carbocycles. The van der Waals surface area contributed by atoms with Crippen LogP contribution < -0.4 is 10.2 Å². The fourth-order valence-corrected chi connectivity index (χ4v) is 5.44. The minimum Gasteiger partial charge on any atom is -0.351 e. The van der Waals surface area contributed by atoms with Crippen molar-refractivity contribution >= 4 is 34.6 Å². The zero-order valence-electron chi connectivity index (χ0n) is 19.7. The third kappa shape index (κ3) is 3.89. The van der Waals surface area contributed by atoms with E-state index < -0.39 is 0 Å². The van der Waals surface area contributed by atoms with Crippen molar-refractivity contribution in [3.8, 4) is 5.69 Å². The summed E-state index contributed by atoms with van der Waals surface area (Å²) in [5, 5.41) is 4.93. The summed E-state index contributed by atoms with van der Waals surface area (Å²) in [5.41, 5.74) is 9.27. The summed E-state index contributed by atoms with van der Waals surface area (Å²) >= 11 is 12.1. The van der Waals surface area contributed by atoms with Gasteiger partial charge < -0.3 is 14.8 Å². The molecule has 2 aromatic carbocycles. The number of thiocarbonyl (C=S) groups is 1. The van der Waals surface area contributed by atoms with Crippen LogP contribution in [0.3, 0.4) is 0 Å². The lowest BCUT2D eigenvalue weighted by Gasteiger charge is -2.28. The number of nitrogens with zero attached hydrogens (tertiary/aromatic N) is 3. The van der Waals surface area contributed by atoms with Gasteiger partial charge in [0.2, 0.25) is 0 Å². The topological polar surface area (TPSA) is 33.1 Å². The maximum atomic E-state index is 6.20. The number of nitrogens with one attached hydrogen (secondary N) is 1. The van der Waals surface area contributed by atoms with Crippen LogP contribution in [-0.4, -0.2) is 14.7 Å². The number of pyridine rings is 1. The molecule has 1 saturated heterocycles. The summed E-state index contributed by atoms with van der Waals surface area (Å²) in [5.74, 6) is 0. The fraction of sp³-hybridized carbons (Fsp3) is 0.214. The summed E-state index contributed by atoms with van der Waals surface area (Å²) in [6.45, 7) is 8.66. The Kier molecular flexibility index (Phi) is 5.92. The first-order chi connectivity index (χ1) is 16.3. The van der Waals surface area contributed by atoms with Crippen molar-refractivity contribution < 1.29 is 0 Å². The molecular weight excluding hydrogens is 460 g/mol. The van der Waals surface area contributed by atoms with E-state index >= 15 is 0 Å². The highest BCUT2D eigenvalue weighted by molar-refractivity contribution is 7.80. The second-order valence-electron chi connectivity index (χ2n) is 8.92. The molecule has 3 heterocycles. The quantitative estimate of drug-likeness (QED) is 0.317. The van der Waals surface area contributed by atoms with Gasteiger partial charge in [-0.2, -0.15) is 0 Å². The number of aryl methyl sites for hydroxylation is 3. The molecule has 0 aliphatic carbocycles. The Morgan fingerprint density at radius 2 is 1.71 bits per heavy atom. The van der Waals surface area contributed by atoms with Crippen molar-refractivity contribution in [1.29, 1.82) is 0 Å². The normalized spacial score (nSPS) is 17.8. The monoisotopic (exact) mass is 486 g/mol. The molecule has 6 heteroatoms. The molecule has 0 spiro atoms. The molecule has 2 aromatic heterocycles. The van der Waals surface area contributed by atoms with Crippen molar-refractivity contribution in [2.75, 3.05) is 4.90 Å². The number of halogens is 1. The Morgan fingerprint density at radius 3 is 2.41 bits per heavy atom. The van der Waals surface area contributed by atoms with E-state index in [4.69, 9.17) is 23.8 Å². The molecule has 2 atom stereocenters. The standard InChI is InChI=1S/C28H27ClN4S/c1-17-8-9-18(2)25(15-17)32-19(3)16-23(20(32)4)27-26(24-7-5-6-14-30-24)31-28(34)33(27)22-12-10-21(29)11-13-22/h5-16,26-27H,1-4H3,(H,31,34)/t26-,27-/m0/s1. The molecular formula is C28H27ClN4S. The van der Waals surface area contributed by atoms with Crippen molar-refractivity contribution in [3.05, 3.63) is 112 Å². The molecule has 0 amide bonds. The summed E-state index contributed by atoms with van der Waals surface area (Å²) < 4.78 is 2.36. The third-order valence-electron chi connectivity index (χ3n) is 6.60. The van der Waals surface area contributed by atoms with Crippen LogP contribution in [0.5, 0.6) is 0 Å². The molecule has 1 aliphatic heterocycles. The summed E-state index contributed by atoms with van der Waals surface area (Å²) in [6.07, 6.45) is 1.83. The van der Waals surface area contributed by atoms with E-state index in [0.717, 1.165) is 11.4 Å². The van der Waals surface area contributed by atoms with E-state index in [9.17, 15) is 0 Å². The van der Waals surface area contributed by atoms with Crippen LogP contribution in [0.4, 0.5) is 5.69 Å². The highest BCUT2D eigenvalue weighted by Crippen LogP contribution is 2.44. The molecule has 1 aliphatic rings. The Labute approximate surface area is 211 Å². The van der Waals surface area contributed by atoms with Crippen molar-refractivity contribution in [2.45, 2.75) is 39.8 Å². The van der Waals surface area contributed by atoms with Gasteiger partial charge in [-0.1, -0.05) is 29.8 Å². The Hall–Kier alpha value is -3.15. The zero-order valence-corrected chi connectivity index (χ0v) is 21.3. The van der Waals surface area contributed by atoms with E-state index in [1.54, 1.807) is 0 Å². The SMILES string of the molecule is Cc1ccc(C)c(-n2c(C)cc([C@H]3[C@H](c4ccccn4)NC(=S)N3c3ccc(Cl)cc3)c2C)c1. The molecule has 4 nitrogen and oxygen atoms in total. The van der Waals surface area contributed by atoms with Crippen molar-refractivity contribution in [3.63, 3.8) is 0 Å².